The molecule has 0 aliphatic rings. The number of carbonyl (C=O) groups is 1. The van der Waals surface area contributed by atoms with Gasteiger partial charge in [0, 0.05) is 32.1 Å². The Hall–Kier alpha value is -1.62. The van der Waals surface area contributed by atoms with E-state index in [9.17, 15) is 4.79 Å². The van der Waals surface area contributed by atoms with Gasteiger partial charge in [0.2, 0.25) is 0 Å². The topological polar surface area (TPSA) is 58.4 Å². The van der Waals surface area contributed by atoms with Crippen molar-refractivity contribution in [3.63, 3.8) is 0 Å². The minimum absolute atomic E-state index is 0.624. The van der Waals surface area contributed by atoms with Gasteiger partial charge in [-0.3, -0.25) is 4.90 Å². The van der Waals surface area contributed by atoms with Gasteiger partial charge in [-0.1, -0.05) is 5.57 Å². The quantitative estimate of drug-likeness (QED) is 0.753. The van der Waals surface area contributed by atoms with Crippen molar-refractivity contribution < 1.29 is 9.90 Å². The number of rotatable bonds is 5. The lowest BCUT2D eigenvalue weighted by molar-refractivity contribution is -0.131. The van der Waals surface area contributed by atoms with E-state index in [1.807, 2.05) is 36.7 Å². The smallest absolute Gasteiger partial charge is 0.328 e. The summed E-state index contributed by atoms with van der Waals surface area (Å²) in [5.74, 6) is 0.0634. The second-order valence-corrected chi connectivity index (χ2v) is 3.96. The Morgan fingerprint density at radius 3 is 2.88 bits per heavy atom. The van der Waals surface area contributed by atoms with Crippen LogP contribution < -0.4 is 0 Å². The molecule has 0 fully saturated rings. The van der Waals surface area contributed by atoms with Crippen LogP contribution in [0.4, 0.5) is 0 Å². The number of hydrogen-bond acceptors (Lipinski definition) is 3. The highest BCUT2D eigenvalue weighted by Crippen LogP contribution is 2.02. The first-order chi connectivity index (χ1) is 7.49. The molecule has 0 saturated carbocycles. The summed E-state index contributed by atoms with van der Waals surface area (Å²) in [6.07, 6.45) is 4.88. The molecule has 0 spiro atoms. The highest BCUT2D eigenvalue weighted by Gasteiger charge is 2.05. The van der Waals surface area contributed by atoms with E-state index in [2.05, 4.69) is 4.98 Å². The number of hydrogen-bond donors (Lipinski definition) is 1. The molecule has 1 heterocycles. The average Bonchev–Trinajstić information content (AvgIpc) is 2.49. The molecular formula is C11H17N3O2. The number of imidazole rings is 1. The van der Waals surface area contributed by atoms with Crippen LogP contribution in [0.15, 0.2) is 24.0 Å². The van der Waals surface area contributed by atoms with E-state index in [1.54, 1.807) is 6.20 Å². The number of likely N-dealkylation sites (N-methyl/N-ethyl adjacent to an activating group) is 1. The molecule has 88 valence electrons. The van der Waals surface area contributed by atoms with E-state index < -0.39 is 5.97 Å². The zero-order valence-electron chi connectivity index (χ0n) is 9.84. The second kappa shape index (κ2) is 5.46. The molecule has 1 N–H and O–H groups in total. The summed E-state index contributed by atoms with van der Waals surface area (Å²) >= 11 is 0. The van der Waals surface area contributed by atoms with Gasteiger partial charge < -0.3 is 9.67 Å². The minimum Gasteiger partial charge on any atom is -0.478 e. The van der Waals surface area contributed by atoms with Crippen molar-refractivity contribution in [2.45, 2.75) is 13.5 Å². The van der Waals surface area contributed by atoms with E-state index in [4.69, 9.17) is 5.11 Å². The van der Waals surface area contributed by atoms with Crippen molar-refractivity contribution in [2.24, 2.45) is 7.05 Å². The van der Waals surface area contributed by atoms with Crippen LogP contribution in [0.2, 0.25) is 0 Å². The molecule has 16 heavy (non-hydrogen) atoms. The number of aliphatic carboxylic acids is 1. The maximum Gasteiger partial charge on any atom is 0.328 e. The second-order valence-electron chi connectivity index (χ2n) is 3.96. The third kappa shape index (κ3) is 3.86. The third-order valence-electron chi connectivity index (χ3n) is 2.22. The lowest BCUT2D eigenvalue weighted by Crippen LogP contribution is -2.22. The largest absolute Gasteiger partial charge is 0.478 e. The summed E-state index contributed by atoms with van der Waals surface area (Å²) in [5, 5.41) is 8.59. The number of carboxylic acids is 1. The van der Waals surface area contributed by atoms with Crippen molar-refractivity contribution in [3.05, 3.63) is 29.9 Å². The molecule has 1 aromatic heterocycles. The molecule has 0 saturated heterocycles. The van der Waals surface area contributed by atoms with Gasteiger partial charge in [-0.2, -0.15) is 0 Å². The zero-order chi connectivity index (χ0) is 12.1. The van der Waals surface area contributed by atoms with E-state index >= 15 is 0 Å². The van der Waals surface area contributed by atoms with E-state index in [1.165, 1.54) is 6.08 Å². The van der Waals surface area contributed by atoms with Crippen molar-refractivity contribution >= 4 is 5.97 Å². The zero-order valence-corrected chi connectivity index (χ0v) is 9.84. The van der Waals surface area contributed by atoms with Crippen LogP contribution in [0.25, 0.3) is 0 Å². The fourth-order valence-electron chi connectivity index (χ4n) is 1.53. The van der Waals surface area contributed by atoms with Crippen molar-refractivity contribution in [1.82, 2.24) is 14.5 Å². The Kier molecular flexibility index (Phi) is 4.25. The van der Waals surface area contributed by atoms with Crippen LogP contribution in [0, 0.1) is 0 Å². The fourth-order valence-corrected chi connectivity index (χ4v) is 1.53. The molecule has 0 amide bonds. The maximum atomic E-state index is 10.5. The van der Waals surface area contributed by atoms with Gasteiger partial charge in [0.05, 0.1) is 6.54 Å². The predicted octanol–water partition coefficient (Wildman–Crippen LogP) is 0.883. The molecular weight excluding hydrogens is 206 g/mol. The van der Waals surface area contributed by atoms with Crippen LogP contribution >= 0.6 is 0 Å². The van der Waals surface area contributed by atoms with Gasteiger partial charge in [-0.05, 0) is 14.0 Å². The van der Waals surface area contributed by atoms with Crippen molar-refractivity contribution in [2.75, 3.05) is 13.6 Å². The monoisotopic (exact) mass is 223 g/mol. The predicted molar refractivity (Wildman–Crippen MR) is 60.9 cm³/mol. The molecule has 0 aliphatic heterocycles. The van der Waals surface area contributed by atoms with E-state index in [0.717, 1.165) is 11.4 Å². The van der Waals surface area contributed by atoms with Crippen molar-refractivity contribution in [3.8, 4) is 0 Å². The molecule has 0 aromatic carbocycles. The molecule has 0 aliphatic carbocycles. The molecule has 1 rings (SSSR count). The molecule has 0 atom stereocenters. The number of aryl methyl sites for hydroxylation is 1. The number of carboxylic acid groups (broad SMARTS) is 1. The van der Waals surface area contributed by atoms with Crippen LogP contribution in [0.1, 0.15) is 12.7 Å². The third-order valence-corrected chi connectivity index (χ3v) is 2.22. The SMILES string of the molecule is CC(=CC(=O)O)CN(C)Cc1nccn1C. The summed E-state index contributed by atoms with van der Waals surface area (Å²) in [5.41, 5.74) is 0.823. The molecule has 1 aromatic rings. The highest BCUT2D eigenvalue weighted by molar-refractivity contribution is 5.80. The maximum absolute atomic E-state index is 10.5. The van der Waals surface area contributed by atoms with Crippen LogP contribution in [0.5, 0.6) is 0 Å². The van der Waals surface area contributed by atoms with Gasteiger partial charge in [0.25, 0.3) is 0 Å². The Morgan fingerprint density at radius 1 is 1.69 bits per heavy atom. The number of aromatic nitrogens is 2. The summed E-state index contributed by atoms with van der Waals surface area (Å²) in [6.45, 7) is 3.14. The fraction of sp³-hybridized carbons (Fsp3) is 0.455. The van der Waals surface area contributed by atoms with Crippen LogP contribution in [0.3, 0.4) is 0 Å². The number of nitrogens with zero attached hydrogens (tertiary/aromatic N) is 3. The Morgan fingerprint density at radius 2 is 2.38 bits per heavy atom. The van der Waals surface area contributed by atoms with Gasteiger partial charge in [-0.15, -0.1) is 0 Å². The van der Waals surface area contributed by atoms with Crippen LogP contribution in [-0.2, 0) is 18.4 Å². The first kappa shape index (κ1) is 12.4. The highest BCUT2D eigenvalue weighted by atomic mass is 16.4. The van der Waals surface area contributed by atoms with Gasteiger partial charge in [-0.25, -0.2) is 9.78 Å². The van der Waals surface area contributed by atoms with E-state index in [0.29, 0.717) is 13.1 Å². The molecule has 5 heteroatoms. The minimum atomic E-state index is -0.900. The first-order valence-corrected chi connectivity index (χ1v) is 5.04. The van der Waals surface area contributed by atoms with Crippen LogP contribution in [-0.4, -0.2) is 39.1 Å². The van der Waals surface area contributed by atoms with Gasteiger partial charge in [0.15, 0.2) is 0 Å². The normalized spacial score (nSPS) is 12.1. The summed E-state index contributed by atoms with van der Waals surface area (Å²) < 4.78 is 1.95. The summed E-state index contributed by atoms with van der Waals surface area (Å²) in [4.78, 5) is 16.7. The van der Waals surface area contributed by atoms with Gasteiger partial charge >= 0.3 is 5.97 Å². The first-order valence-electron chi connectivity index (χ1n) is 5.04. The van der Waals surface area contributed by atoms with E-state index in [-0.39, 0.29) is 0 Å². The lowest BCUT2D eigenvalue weighted by Gasteiger charge is -2.16. The van der Waals surface area contributed by atoms with Gasteiger partial charge in [0.1, 0.15) is 5.82 Å². The summed E-state index contributed by atoms with van der Waals surface area (Å²) in [6, 6.07) is 0. The van der Waals surface area contributed by atoms with Crippen molar-refractivity contribution in [1.29, 1.82) is 0 Å². The lowest BCUT2D eigenvalue weighted by atomic mass is 10.2. The standard InChI is InChI=1S/C11H17N3O2/c1-9(6-11(15)16)7-13(2)8-10-12-4-5-14(10)3/h4-6H,7-8H2,1-3H3,(H,15,16). The molecule has 5 nitrogen and oxygen atoms in total. The molecule has 0 radical (unpaired) electrons. The molecule has 0 unspecified atom stereocenters. The molecule has 0 bridgehead atoms. The Labute approximate surface area is 95.0 Å². The average molecular weight is 223 g/mol. The Bertz CT molecular complexity index is 396. The Balaban J connectivity index is 2.51. The summed E-state index contributed by atoms with van der Waals surface area (Å²) in [7, 11) is 3.88.